The van der Waals surface area contributed by atoms with E-state index in [1.54, 1.807) is 17.0 Å². The number of nitrogens with zero attached hydrogens (tertiary/aromatic N) is 1. The molecule has 3 rings (SSSR count). The van der Waals surface area contributed by atoms with Gasteiger partial charge in [-0.1, -0.05) is 11.6 Å². The first kappa shape index (κ1) is 13.4. The standard InChI is InChI=1S/C15H17ClN2O2/c16-11-3-5-12(6-4-11)18-8-7-13(15(18)20)14(19)17-9-10-1-2-10/h3-6,10,13H,1-2,7-9H2,(H,17,19)/t13-/m1/s1. The number of benzene rings is 1. The molecule has 0 bridgehead atoms. The van der Waals surface area contributed by atoms with Crippen molar-refractivity contribution in [1.82, 2.24) is 5.32 Å². The van der Waals surface area contributed by atoms with E-state index < -0.39 is 5.92 Å². The van der Waals surface area contributed by atoms with Gasteiger partial charge in [-0.3, -0.25) is 9.59 Å². The smallest absolute Gasteiger partial charge is 0.239 e. The van der Waals surface area contributed by atoms with E-state index in [0.29, 0.717) is 30.5 Å². The monoisotopic (exact) mass is 292 g/mol. The van der Waals surface area contributed by atoms with Crippen LogP contribution in [0.15, 0.2) is 24.3 Å². The van der Waals surface area contributed by atoms with Crippen LogP contribution in [0.4, 0.5) is 5.69 Å². The maximum atomic E-state index is 12.3. The third kappa shape index (κ3) is 2.80. The molecule has 1 saturated carbocycles. The first-order valence-electron chi connectivity index (χ1n) is 7.00. The molecule has 1 aliphatic carbocycles. The molecule has 0 radical (unpaired) electrons. The minimum absolute atomic E-state index is 0.111. The number of hydrogen-bond donors (Lipinski definition) is 1. The molecule has 1 heterocycles. The number of nitrogens with one attached hydrogen (secondary N) is 1. The zero-order valence-corrected chi connectivity index (χ0v) is 11.9. The van der Waals surface area contributed by atoms with Crippen molar-refractivity contribution < 1.29 is 9.59 Å². The van der Waals surface area contributed by atoms with Gasteiger partial charge < -0.3 is 10.2 Å². The lowest BCUT2D eigenvalue weighted by Crippen LogP contribution is -2.37. The maximum absolute atomic E-state index is 12.3. The fraction of sp³-hybridized carbons (Fsp3) is 0.467. The Morgan fingerprint density at radius 3 is 2.60 bits per heavy atom. The molecule has 106 valence electrons. The molecule has 1 N–H and O–H groups in total. The molecule has 1 atom stereocenters. The highest BCUT2D eigenvalue weighted by molar-refractivity contribution is 6.30. The van der Waals surface area contributed by atoms with Crippen LogP contribution in [0.1, 0.15) is 19.3 Å². The van der Waals surface area contributed by atoms with E-state index in [-0.39, 0.29) is 11.8 Å². The summed E-state index contributed by atoms with van der Waals surface area (Å²) >= 11 is 5.84. The van der Waals surface area contributed by atoms with Crippen LogP contribution in [0.25, 0.3) is 0 Å². The quantitative estimate of drug-likeness (QED) is 0.865. The van der Waals surface area contributed by atoms with Crippen molar-refractivity contribution in [2.24, 2.45) is 11.8 Å². The molecule has 1 aliphatic heterocycles. The Morgan fingerprint density at radius 2 is 1.95 bits per heavy atom. The zero-order chi connectivity index (χ0) is 14.1. The third-order valence-electron chi connectivity index (χ3n) is 3.92. The van der Waals surface area contributed by atoms with Gasteiger partial charge in [0.05, 0.1) is 0 Å². The summed E-state index contributed by atoms with van der Waals surface area (Å²) in [6, 6.07) is 7.13. The van der Waals surface area contributed by atoms with Crippen molar-refractivity contribution in [2.45, 2.75) is 19.3 Å². The van der Waals surface area contributed by atoms with Crippen molar-refractivity contribution in [3.8, 4) is 0 Å². The molecular weight excluding hydrogens is 276 g/mol. The Kier molecular flexibility index (Phi) is 3.66. The lowest BCUT2D eigenvalue weighted by molar-refractivity contribution is -0.132. The van der Waals surface area contributed by atoms with Crippen LogP contribution in [0.2, 0.25) is 5.02 Å². The van der Waals surface area contributed by atoms with Gasteiger partial charge in [0.15, 0.2) is 0 Å². The van der Waals surface area contributed by atoms with Crippen molar-refractivity contribution in [2.75, 3.05) is 18.0 Å². The summed E-state index contributed by atoms with van der Waals surface area (Å²) in [5.74, 6) is -0.147. The van der Waals surface area contributed by atoms with Crippen LogP contribution in [-0.4, -0.2) is 24.9 Å². The highest BCUT2D eigenvalue weighted by Gasteiger charge is 2.37. The van der Waals surface area contributed by atoms with Crippen LogP contribution in [0.5, 0.6) is 0 Å². The molecular formula is C15H17ClN2O2. The molecule has 1 aromatic rings. The first-order chi connectivity index (χ1) is 9.65. The van der Waals surface area contributed by atoms with Crippen LogP contribution in [0.3, 0.4) is 0 Å². The number of anilines is 1. The van der Waals surface area contributed by atoms with E-state index in [9.17, 15) is 9.59 Å². The number of carbonyl (C=O) groups excluding carboxylic acids is 2. The van der Waals surface area contributed by atoms with Crippen LogP contribution < -0.4 is 10.2 Å². The van der Waals surface area contributed by atoms with Gasteiger partial charge in [-0.05, 0) is 49.4 Å². The van der Waals surface area contributed by atoms with Crippen LogP contribution in [0, 0.1) is 11.8 Å². The minimum atomic E-state index is -0.538. The maximum Gasteiger partial charge on any atom is 0.239 e. The van der Waals surface area contributed by atoms with Crippen LogP contribution in [-0.2, 0) is 9.59 Å². The van der Waals surface area contributed by atoms with Gasteiger partial charge in [0, 0.05) is 23.8 Å². The van der Waals surface area contributed by atoms with Gasteiger partial charge in [-0.15, -0.1) is 0 Å². The Labute approximate surface area is 123 Å². The summed E-state index contributed by atoms with van der Waals surface area (Å²) in [5.41, 5.74) is 0.803. The minimum Gasteiger partial charge on any atom is -0.355 e. The Hall–Kier alpha value is -1.55. The first-order valence-corrected chi connectivity index (χ1v) is 7.37. The lowest BCUT2D eigenvalue weighted by atomic mass is 10.1. The van der Waals surface area contributed by atoms with E-state index in [4.69, 9.17) is 11.6 Å². The van der Waals surface area contributed by atoms with E-state index in [1.807, 2.05) is 12.1 Å². The number of hydrogen-bond acceptors (Lipinski definition) is 2. The predicted molar refractivity (Wildman–Crippen MR) is 77.6 cm³/mol. The van der Waals surface area contributed by atoms with E-state index in [2.05, 4.69) is 5.32 Å². The molecule has 5 heteroatoms. The van der Waals surface area contributed by atoms with Gasteiger partial charge in [0.2, 0.25) is 11.8 Å². The Balaban J connectivity index is 1.63. The zero-order valence-electron chi connectivity index (χ0n) is 11.1. The average Bonchev–Trinajstić information content (AvgIpc) is 3.19. The van der Waals surface area contributed by atoms with Crippen molar-refractivity contribution in [3.05, 3.63) is 29.3 Å². The second-order valence-corrected chi connectivity index (χ2v) is 5.93. The van der Waals surface area contributed by atoms with Crippen LogP contribution >= 0.6 is 11.6 Å². The fourth-order valence-corrected chi connectivity index (χ4v) is 2.62. The molecule has 20 heavy (non-hydrogen) atoms. The Bertz CT molecular complexity index is 525. The van der Waals surface area contributed by atoms with Gasteiger partial charge in [-0.2, -0.15) is 0 Å². The normalized spacial score (nSPS) is 22.1. The largest absolute Gasteiger partial charge is 0.355 e. The van der Waals surface area contributed by atoms with Gasteiger partial charge in [0.25, 0.3) is 0 Å². The highest BCUT2D eigenvalue weighted by Crippen LogP contribution is 2.29. The van der Waals surface area contributed by atoms with E-state index in [0.717, 1.165) is 5.69 Å². The van der Waals surface area contributed by atoms with Gasteiger partial charge in [-0.25, -0.2) is 0 Å². The molecule has 0 spiro atoms. The fourth-order valence-electron chi connectivity index (χ4n) is 2.49. The SMILES string of the molecule is O=C(NCC1CC1)[C@H]1CCN(c2ccc(Cl)cc2)C1=O. The Morgan fingerprint density at radius 1 is 1.25 bits per heavy atom. The molecule has 4 nitrogen and oxygen atoms in total. The molecule has 2 aliphatic rings. The number of carbonyl (C=O) groups is 2. The molecule has 0 unspecified atom stereocenters. The highest BCUT2D eigenvalue weighted by atomic mass is 35.5. The predicted octanol–water partition coefficient (Wildman–Crippen LogP) is 2.22. The topological polar surface area (TPSA) is 49.4 Å². The second kappa shape index (κ2) is 5.44. The molecule has 1 aromatic carbocycles. The summed E-state index contributed by atoms with van der Waals surface area (Å²) in [6.45, 7) is 1.30. The van der Waals surface area contributed by atoms with Gasteiger partial charge >= 0.3 is 0 Å². The summed E-state index contributed by atoms with van der Waals surface area (Å²) in [7, 11) is 0. The summed E-state index contributed by atoms with van der Waals surface area (Å²) in [6.07, 6.45) is 2.96. The summed E-state index contributed by atoms with van der Waals surface area (Å²) in [5, 5.41) is 3.53. The summed E-state index contributed by atoms with van der Waals surface area (Å²) in [4.78, 5) is 26.0. The third-order valence-corrected chi connectivity index (χ3v) is 4.17. The second-order valence-electron chi connectivity index (χ2n) is 5.50. The summed E-state index contributed by atoms with van der Waals surface area (Å²) < 4.78 is 0. The average molecular weight is 293 g/mol. The van der Waals surface area contributed by atoms with Crippen molar-refractivity contribution in [3.63, 3.8) is 0 Å². The van der Waals surface area contributed by atoms with E-state index >= 15 is 0 Å². The lowest BCUT2D eigenvalue weighted by Gasteiger charge is -2.16. The molecule has 2 amide bonds. The molecule has 1 saturated heterocycles. The van der Waals surface area contributed by atoms with Gasteiger partial charge in [0.1, 0.15) is 5.92 Å². The molecule has 0 aromatic heterocycles. The molecule has 2 fully saturated rings. The number of amides is 2. The van der Waals surface area contributed by atoms with Crippen molar-refractivity contribution in [1.29, 1.82) is 0 Å². The van der Waals surface area contributed by atoms with E-state index in [1.165, 1.54) is 12.8 Å². The van der Waals surface area contributed by atoms with Crippen molar-refractivity contribution >= 4 is 29.1 Å². The number of halogens is 1. The number of rotatable bonds is 4.